The number of imidazole rings is 1. The van der Waals surface area contributed by atoms with Gasteiger partial charge in [0.2, 0.25) is 0 Å². The number of hydrogen-bond acceptors (Lipinski definition) is 2. The van der Waals surface area contributed by atoms with E-state index in [0.717, 1.165) is 0 Å². The molecule has 2 atom stereocenters. The molecule has 0 saturated heterocycles. The molecule has 0 saturated carbocycles. The second-order valence-electron chi connectivity index (χ2n) is 4.57. The first-order valence-corrected chi connectivity index (χ1v) is 5.89. The third-order valence-corrected chi connectivity index (χ3v) is 3.26. The second-order valence-corrected chi connectivity index (χ2v) is 4.57. The lowest BCUT2D eigenvalue weighted by Crippen LogP contribution is -2.34. The molecule has 0 amide bonds. The van der Waals surface area contributed by atoms with Gasteiger partial charge in [-0.05, 0) is 26.6 Å². The highest BCUT2D eigenvalue weighted by Crippen LogP contribution is 2.23. The summed E-state index contributed by atoms with van der Waals surface area (Å²) < 4.78 is 2.17. The third kappa shape index (κ3) is 2.56. The molecule has 17 heavy (non-hydrogen) atoms. The highest BCUT2D eigenvalue weighted by Gasteiger charge is 2.21. The minimum absolute atomic E-state index is 0.300. The van der Waals surface area contributed by atoms with Crippen molar-refractivity contribution in [3.63, 3.8) is 0 Å². The maximum Gasteiger partial charge on any atom is 0.0952 e. The van der Waals surface area contributed by atoms with Crippen molar-refractivity contribution in [2.45, 2.75) is 19.0 Å². The van der Waals surface area contributed by atoms with Crippen LogP contribution in [0.3, 0.4) is 0 Å². The molecule has 0 bridgehead atoms. The minimum Gasteiger partial charge on any atom is -0.328 e. The Morgan fingerprint density at radius 2 is 1.88 bits per heavy atom. The van der Waals surface area contributed by atoms with Crippen LogP contribution in [0.1, 0.15) is 18.5 Å². The molecule has 0 spiro atoms. The van der Waals surface area contributed by atoms with Crippen LogP contribution in [0.15, 0.2) is 49.1 Å². The van der Waals surface area contributed by atoms with Crippen LogP contribution in [0.4, 0.5) is 0 Å². The maximum atomic E-state index is 4.15. The van der Waals surface area contributed by atoms with Gasteiger partial charge >= 0.3 is 0 Å². The molecule has 3 heteroatoms. The fourth-order valence-corrected chi connectivity index (χ4v) is 2.07. The minimum atomic E-state index is 0.300. The zero-order chi connectivity index (χ0) is 12.3. The Labute approximate surface area is 103 Å². The van der Waals surface area contributed by atoms with Gasteiger partial charge < -0.3 is 9.47 Å². The molecule has 0 fully saturated rings. The van der Waals surface area contributed by atoms with Crippen LogP contribution < -0.4 is 0 Å². The van der Waals surface area contributed by atoms with Gasteiger partial charge in [-0.25, -0.2) is 4.98 Å². The molecule has 1 heterocycles. The Bertz CT molecular complexity index is 434. The largest absolute Gasteiger partial charge is 0.328 e. The van der Waals surface area contributed by atoms with Gasteiger partial charge in [-0.3, -0.25) is 0 Å². The first-order valence-electron chi connectivity index (χ1n) is 5.89. The van der Waals surface area contributed by atoms with Crippen LogP contribution in [0.5, 0.6) is 0 Å². The van der Waals surface area contributed by atoms with E-state index in [4.69, 9.17) is 0 Å². The third-order valence-electron chi connectivity index (χ3n) is 3.26. The van der Waals surface area contributed by atoms with Crippen LogP contribution in [0, 0.1) is 0 Å². The van der Waals surface area contributed by atoms with Crippen molar-refractivity contribution in [1.29, 1.82) is 0 Å². The highest BCUT2D eigenvalue weighted by molar-refractivity contribution is 5.21. The van der Waals surface area contributed by atoms with E-state index in [-0.39, 0.29) is 0 Å². The molecule has 0 N–H and O–H groups in total. The van der Waals surface area contributed by atoms with E-state index < -0.39 is 0 Å². The normalized spacial score (nSPS) is 14.8. The molecular formula is C14H19N3. The van der Waals surface area contributed by atoms with E-state index in [1.54, 1.807) is 0 Å². The van der Waals surface area contributed by atoms with Crippen molar-refractivity contribution in [3.8, 4) is 0 Å². The zero-order valence-corrected chi connectivity index (χ0v) is 10.6. The number of benzene rings is 1. The van der Waals surface area contributed by atoms with Crippen LogP contribution >= 0.6 is 0 Å². The molecule has 3 nitrogen and oxygen atoms in total. The smallest absolute Gasteiger partial charge is 0.0952 e. The lowest BCUT2D eigenvalue weighted by molar-refractivity contribution is 0.252. The zero-order valence-electron chi connectivity index (χ0n) is 10.6. The van der Waals surface area contributed by atoms with Gasteiger partial charge in [0.25, 0.3) is 0 Å². The van der Waals surface area contributed by atoms with Gasteiger partial charge in [-0.2, -0.15) is 0 Å². The van der Waals surface area contributed by atoms with Crippen molar-refractivity contribution < 1.29 is 0 Å². The van der Waals surface area contributed by atoms with Crippen LogP contribution in [0.2, 0.25) is 0 Å². The molecule has 2 aromatic rings. The summed E-state index contributed by atoms with van der Waals surface area (Å²) in [6.45, 7) is 2.23. The van der Waals surface area contributed by atoms with Crippen molar-refractivity contribution >= 4 is 0 Å². The monoisotopic (exact) mass is 229 g/mol. The molecule has 0 aliphatic rings. The maximum absolute atomic E-state index is 4.15. The molecule has 1 aromatic carbocycles. The van der Waals surface area contributed by atoms with Crippen molar-refractivity contribution in [2.24, 2.45) is 0 Å². The highest BCUT2D eigenvalue weighted by atomic mass is 15.2. The summed E-state index contributed by atoms with van der Waals surface area (Å²) in [5.41, 5.74) is 1.31. The van der Waals surface area contributed by atoms with E-state index in [2.05, 4.69) is 65.8 Å². The van der Waals surface area contributed by atoms with Gasteiger partial charge in [0.1, 0.15) is 0 Å². The van der Waals surface area contributed by atoms with E-state index in [9.17, 15) is 0 Å². The van der Waals surface area contributed by atoms with E-state index >= 15 is 0 Å². The summed E-state index contributed by atoms with van der Waals surface area (Å²) in [4.78, 5) is 6.39. The molecule has 0 aliphatic carbocycles. The molecular weight excluding hydrogens is 210 g/mol. The number of likely N-dealkylation sites (N-methyl/N-ethyl adjacent to an activating group) is 1. The molecule has 1 aromatic heterocycles. The molecule has 2 unspecified atom stereocenters. The summed E-state index contributed by atoms with van der Waals surface area (Å²) in [5, 5.41) is 0. The summed E-state index contributed by atoms with van der Waals surface area (Å²) in [5.74, 6) is 0. The summed E-state index contributed by atoms with van der Waals surface area (Å²) in [7, 11) is 4.22. The van der Waals surface area contributed by atoms with Crippen molar-refractivity contribution in [3.05, 3.63) is 54.6 Å². The average molecular weight is 229 g/mol. The lowest BCUT2D eigenvalue weighted by Gasteiger charge is -2.30. The summed E-state index contributed by atoms with van der Waals surface area (Å²) in [6, 6.07) is 11.3. The fraction of sp³-hybridized carbons (Fsp3) is 0.357. The van der Waals surface area contributed by atoms with E-state index in [1.807, 2.05) is 18.7 Å². The van der Waals surface area contributed by atoms with Gasteiger partial charge in [0.05, 0.1) is 12.4 Å². The van der Waals surface area contributed by atoms with Gasteiger partial charge in [0, 0.05) is 18.4 Å². The van der Waals surface area contributed by atoms with Crippen LogP contribution in [-0.4, -0.2) is 34.6 Å². The predicted octanol–water partition coefficient (Wildman–Crippen LogP) is 2.42. The number of aromatic nitrogens is 2. The SMILES string of the molecule is CC(C(c1ccccc1)n1ccnc1)N(C)C. The van der Waals surface area contributed by atoms with E-state index in [0.29, 0.717) is 12.1 Å². The Kier molecular flexibility index (Phi) is 3.59. The Balaban J connectivity index is 2.38. The quantitative estimate of drug-likeness (QED) is 0.803. The number of rotatable bonds is 4. The first-order chi connectivity index (χ1) is 8.20. The van der Waals surface area contributed by atoms with Crippen LogP contribution in [0.25, 0.3) is 0 Å². The van der Waals surface area contributed by atoms with Crippen molar-refractivity contribution in [2.75, 3.05) is 14.1 Å². The topological polar surface area (TPSA) is 21.1 Å². The fourth-order valence-electron chi connectivity index (χ4n) is 2.07. The Morgan fingerprint density at radius 3 is 2.41 bits per heavy atom. The Hall–Kier alpha value is -1.61. The molecule has 0 radical (unpaired) electrons. The lowest BCUT2D eigenvalue weighted by atomic mass is 9.99. The Morgan fingerprint density at radius 1 is 1.18 bits per heavy atom. The summed E-state index contributed by atoms with van der Waals surface area (Å²) in [6.07, 6.45) is 5.74. The summed E-state index contributed by atoms with van der Waals surface area (Å²) >= 11 is 0. The van der Waals surface area contributed by atoms with Crippen LogP contribution in [-0.2, 0) is 0 Å². The molecule has 2 rings (SSSR count). The number of hydrogen-bond donors (Lipinski definition) is 0. The van der Waals surface area contributed by atoms with E-state index in [1.165, 1.54) is 5.56 Å². The molecule has 0 aliphatic heterocycles. The average Bonchev–Trinajstić information content (AvgIpc) is 2.84. The van der Waals surface area contributed by atoms with Crippen molar-refractivity contribution in [1.82, 2.24) is 14.5 Å². The van der Waals surface area contributed by atoms with Gasteiger partial charge in [-0.15, -0.1) is 0 Å². The molecule has 90 valence electrons. The first kappa shape index (κ1) is 11.9. The predicted molar refractivity (Wildman–Crippen MR) is 70.0 cm³/mol. The van der Waals surface area contributed by atoms with Gasteiger partial charge in [0.15, 0.2) is 0 Å². The van der Waals surface area contributed by atoms with Gasteiger partial charge in [-0.1, -0.05) is 30.3 Å². The second kappa shape index (κ2) is 5.15. The number of nitrogens with zero attached hydrogens (tertiary/aromatic N) is 3. The standard InChI is InChI=1S/C14H19N3/c1-12(16(2)3)14(17-10-9-15-11-17)13-7-5-4-6-8-13/h4-12,14H,1-3H3.